The molecule has 3 amide bonds. The smallest absolute Gasteiger partial charge is 0.294 e. The van der Waals surface area contributed by atoms with E-state index in [9.17, 15) is 18.8 Å². The highest BCUT2D eigenvalue weighted by atomic mass is 32.2. The van der Waals surface area contributed by atoms with Crippen LogP contribution in [0.25, 0.3) is 6.08 Å². The van der Waals surface area contributed by atoms with Gasteiger partial charge in [-0.25, -0.2) is 4.39 Å². The minimum absolute atomic E-state index is 0.228. The normalized spacial score (nSPS) is 16.9. The van der Waals surface area contributed by atoms with Crippen molar-refractivity contribution in [3.63, 3.8) is 0 Å². The van der Waals surface area contributed by atoms with Gasteiger partial charge in [0, 0.05) is 31.9 Å². The number of anilines is 1. The molecule has 0 unspecified atom stereocenters. The molecule has 0 atom stereocenters. The molecule has 2 fully saturated rings. The van der Waals surface area contributed by atoms with Gasteiger partial charge in [0.15, 0.2) is 0 Å². The molecule has 2 aliphatic heterocycles. The quantitative estimate of drug-likeness (QED) is 0.409. The highest BCUT2D eigenvalue weighted by Crippen LogP contribution is 2.32. The van der Waals surface area contributed by atoms with E-state index in [2.05, 4.69) is 4.90 Å². The molecule has 0 N–H and O–H groups in total. The number of amides is 3. The Hall–Kier alpha value is -4.11. The lowest BCUT2D eigenvalue weighted by Crippen LogP contribution is -2.51. The van der Waals surface area contributed by atoms with Crippen LogP contribution in [0, 0.1) is 5.82 Å². The molecule has 7 nitrogen and oxygen atoms in total. The second-order valence-corrected chi connectivity index (χ2v) is 9.95. The molecule has 0 aliphatic carbocycles. The topological polar surface area (TPSA) is 70.2 Å². The Labute approximate surface area is 224 Å². The Bertz CT molecular complexity index is 1360. The van der Waals surface area contributed by atoms with Gasteiger partial charge in [0.1, 0.15) is 24.7 Å². The van der Waals surface area contributed by atoms with Crippen LogP contribution in [0.15, 0.2) is 83.8 Å². The Morgan fingerprint density at radius 1 is 0.921 bits per heavy atom. The molecule has 5 rings (SSSR count). The van der Waals surface area contributed by atoms with E-state index in [0.29, 0.717) is 31.9 Å². The van der Waals surface area contributed by atoms with E-state index in [1.54, 1.807) is 47.4 Å². The third-order valence-corrected chi connectivity index (χ3v) is 7.30. The summed E-state index contributed by atoms with van der Waals surface area (Å²) in [5.41, 5.74) is 2.55. The maximum absolute atomic E-state index is 13.3. The van der Waals surface area contributed by atoms with E-state index in [4.69, 9.17) is 4.74 Å². The van der Waals surface area contributed by atoms with Crippen molar-refractivity contribution in [3.05, 3.63) is 101 Å². The van der Waals surface area contributed by atoms with E-state index in [1.807, 2.05) is 30.3 Å². The molecule has 194 valence electrons. The molecule has 0 aromatic heterocycles. The number of imide groups is 1. The van der Waals surface area contributed by atoms with Crippen LogP contribution in [0.5, 0.6) is 5.75 Å². The molecule has 38 heavy (non-hydrogen) atoms. The summed E-state index contributed by atoms with van der Waals surface area (Å²) in [6.45, 7) is 2.42. The molecule has 0 bridgehead atoms. The van der Waals surface area contributed by atoms with Crippen LogP contribution in [0.2, 0.25) is 0 Å². The van der Waals surface area contributed by atoms with Crippen molar-refractivity contribution in [2.24, 2.45) is 0 Å². The number of benzene rings is 3. The molecule has 3 aromatic rings. The summed E-state index contributed by atoms with van der Waals surface area (Å²) < 4.78 is 19.0. The summed E-state index contributed by atoms with van der Waals surface area (Å²) in [7, 11) is 0. The van der Waals surface area contributed by atoms with Crippen LogP contribution in [0.4, 0.5) is 14.9 Å². The zero-order valence-electron chi connectivity index (χ0n) is 20.6. The lowest BCUT2D eigenvalue weighted by atomic mass is 10.2. The Morgan fingerprint density at radius 2 is 1.66 bits per heavy atom. The van der Waals surface area contributed by atoms with Crippen molar-refractivity contribution in [3.8, 4) is 5.75 Å². The maximum Gasteiger partial charge on any atom is 0.294 e. The minimum atomic E-state index is -0.470. The van der Waals surface area contributed by atoms with Crippen LogP contribution in [0.3, 0.4) is 0 Å². The highest BCUT2D eigenvalue weighted by Gasteiger charge is 2.37. The van der Waals surface area contributed by atoms with Gasteiger partial charge in [-0.3, -0.25) is 19.3 Å². The SMILES string of the molecule is O=C(CN1C(=O)S/C(=C/c2ccc(OCc3cccc(F)c3)cc2)C1=O)N1CCN(c2ccccc2)CC1. The van der Waals surface area contributed by atoms with Gasteiger partial charge in [-0.15, -0.1) is 0 Å². The first-order valence-electron chi connectivity index (χ1n) is 12.3. The first kappa shape index (κ1) is 25.5. The third kappa shape index (κ3) is 6.06. The molecule has 0 radical (unpaired) electrons. The first-order valence-corrected chi connectivity index (χ1v) is 13.1. The van der Waals surface area contributed by atoms with Crippen molar-refractivity contribution in [2.45, 2.75) is 6.61 Å². The number of nitrogens with zero attached hydrogens (tertiary/aromatic N) is 3. The number of carbonyl (C=O) groups excluding carboxylic acids is 3. The fourth-order valence-corrected chi connectivity index (χ4v) is 5.17. The maximum atomic E-state index is 13.3. The molecule has 2 aliphatic rings. The largest absolute Gasteiger partial charge is 0.489 e. The van der Waals surface area contributed by atoms with Gasteiger partial charge in [0.2, 0.25) is 5.91 Å². The van der Waals surface area contributed by atoms with Gasteiger partial charge >= 0.3 is 0 Å². The van der Waals surface area contributed by atoms with E-state index in [-0.39, 0.29) is 29.8 Å². The monoisotopic (exact) mass is 531 g/mol. The second kappa shape index (κ2) is 11.5. The number of rotatable bonds is 7. The summed E-state index contributed by atoms with van der Waals surface area (Å²) in [4.78, 5) is 43.5. The van der Waals surface area contributed by atoms with Gasteiger partial charge in [-0.2, -0.15) is 0 Å². The standard InChI is InChI=1S/C29H26FN3O4S/c30-23-6-4-5-22(17-23)20-37-25-11-9-21(10-12-25)18-26-28(35)33(29(36)38-26)19-27(34)32-15-13-31(14-16-32)24-7-2-1-3-8-24/h1-12,17-18H,13-16,19-20H2/b26-18+. The number of ether oxygens (including phenoxy) is 1. The molecule has 0 spiro atoms. The van der Waals surface area contributed by atoms with Crippen molar-refractivity contribution < 1.29 is 23.5 Å². The summed E-state index contributed by atoms with van der Waals surface area (Å²) in [6, 6.07) is 23.2. The number of hydrogen-bond donors (Lipinski definition) is 0. The number of thioether (sulfide) groups is 1. The van der Waals surface area contributed by atoms with Crippen LogP contribution >= 0.6 is 11.8 Å². The van der Waals surface area contributed by atoms with Gasteiger partial charge in [-0.05, 0) is 65.4 Å². The Balaban J connectivity index is 1.15. The summed E-state index contributed by atoms with van der Waals surface area (Å²) in [5.74, 6) is -0.427. The first-order chi connectivity index (χ1) is 18.5. The lowest BCUT2D eigenvalue weighted by molar-refractivity contribution is -0.136. The van der Waals surface area contributed by atoms with Crippen LogP contribution < -0.4 is 9.64 Å². The van der Waals surface area contributed by atoms with Crippen LogP contribution in [0.1, 0.15) is 11.1 Å². The Kier molecular flexibility index (Phi) is 7.74. The number of piperazine rings is 1. The molecule has 9 heteroatoms. The number of para-hydroxylation sites is 1. The van der Waals surface area contributed by atoms with E-state index < -0.39 is 11.1 Å². The molecule has 2 saturated heterocycles. The van der Waals surface area contributed by atoms with E-state index >= 15 is 0 Å². The summed E-state index contributed by atoms with van der Waals surface area (Å²) in [6.07, 6.45) is 1.63. The second-order valence-electron chi connectivity index (χ2n) is 8.96. The molecular weight excluding hydrogens is 505 g/mol. The summed E-state index contributed by atoms with van der Waals surface area (Å²) in [5, 5.41) is -0.451. The van der Waals surface area contributed by atoms with Crippen molar-refractivity contribution >= 4 is 40.6 Å². The van der Waals surface area contributed by atoms with Crippen molar-refractivity contribution in [2.75, 3.05) is 37.6 Å². The fraction of sp³-hybridized carbons (Fsp3) is 0.207. The number of carbonyl (C=O) groups is 3. The fourth-order valence-electron chi connectivity index (χ4n) is 4.33. The summed E-state index contributed by atoms with van der Waals surface area (Å²) >= 11 is 0.829. The molecule has 3 aromatic carbocycles. The molecular formula is C29H26FN3O4S. The zero-order chi connectivity index (χ0) is 26.5. The van der Waals surface area contributed by atoms with Gasteiger partial charge < -0.3 is 14.5 Å². The average Bonchev–Trinajstić information content (AvgIpc) is 3.20. The van der Waals surface area contributed by atoms with Crippen LogP contribution in [-0.2, 0) is 16.2 Å². The third-order valence-electron chi connectivity index (χ3n) is 6.39. The zero-order valence-corrected chi connectivity index (χ0v) is 21.4. The molecule has 2 heterocycles. The predicted octanol–water partition coefficient (Wildman–Crippen LogP) is 4.79. The number of hydrogen-bond acceptors (Lipinski definition) is 6. The lowest BCUT2D eigenvalue weighted by Gasteiger charge is -2.36. The molecule has 0 saturated carbocycles. The van der Waals surface area contributed by atoms with Crippen molar-refractivity contribution in [1.82, 2.24) is 9.80 Å². The highest BCUT2D eigenvalue weighted by molar-refractivity contribution is 8.18. The number of halogens is 1. The predicted molar refractivity (Wildman–Crippen MR) is 145 cm³/mol. The van der Waals surface area contributed by atoms with Gasteiger partial charge in [-0.1, -0.05) is 42.5 Å². The van der Waals surface area contributed by atoms with E-state index in [0.717, 1.165) is 33.5 Å². The van der Waals surface area contributed by atoms with E-state index in [1.165, 1.54) is 12.1 Å². The van der Waals surface area contributed by atoms with Crippen LogP contribution in [-0.4, -0.2) is 59.6 Å². The average molecular weight is 532 g/mol. The Morgan fingerprint density at radius 3 is 2.37 bits per heavy atom. The minimum Gasteiger partial charge on any atom is -0.489 e. The van der Waals surface area contributed by atoms with Gasteiger partial charge in [0.25, 0.3) is 11.1 Å². The van der Waals surface area contributed by atoms with Gasteiger partial charge in [0.05, 0.1) is 4.91 Å². The van der Waals surface area contributed by atoms with Crippen molar-refractivity contribution in [1.29, 1.82) is 0 Å².